The number of hydrogen-bond donors (Lipinski definition) is 1. The first-order chi connectivity index (χ1) is 12.7. The fourth-order valence-corrected chi connectivity index (χ4v) is 4.15. The predicted octanol–water partition coefficient (Wildman–Crippen LogP) is 4.37. The van der Waals surface area contributed by atoms with Gasteiger partial charge in [-0.15, -0.1) is 11.3 Å². The molecule has 3 aromatic rings. The molecular formula is C21H21N3OS. The molecule has 0 unspecified atom stereocenters. The van der Waals surface area contributed by atoms with E-state index in [2.05, 4.69) is 34.3 Å². The lowest BCUT2D eigenvalue weighted by atomic mass is 10.1. The summed E-state index contributed by atoms with van der Waals surface area (Å²) < 4.78 is 0. The molecule has 1 aliphatic rings. The smallest absolute Gasteiger partial charge is 0.230 e. The van der Waals surface area contributed by atoms with Crippen molar-refractivity contribution in [3.05, 3.63) is 65.2 Å². The predicted molar refractivity (Wildman–Crippen MR) is 108 cm³/mol. The summed E-state index contributed by atoms with van der Waals surface area (Å²) in [6.45, 7) is 4.21. The van der Waals surface area contributed by atoms with Crippen molar-refractivity contribution in [3.8, 4) is 10.6 Å². The van der Waals surface area contributed by atoms with Crippen LogP contribution in [-0.4, -0.2) is 24.0 Å². The maximum absolute atomic E-state index is 12.4. The number of aromatic nitrogens is 1. The Kier molecular flexibility index (Phi) is 4.71. The van der Waals surface area contributed by atoms with E-state index in [9.17, 15) is 4.79 Å². The maximum Gasteiger partial charge on any atom is 0.230 e. The molecule has 0 saturated heterocycles. The second-order valence-electron chi connectivity index (χ2n) is 6.41. The number of thiazole rings is 1. The van der Waals surface area contributed by atoms with Crippen LogP contribution in [0, 0.1) is 0 Å². The Balaban J connectivity index is 1.43. The molecule has 2 aromatic carbocycles. The number of rotatable bonds is 5. The quantitative estimate of drug-likeness (QED) is 0.732. The summed E-state index contributed by atoms with van der Waals surface area (Å²) in [5.74, 6) is -0.0316. The number of carbonyl (C=O) groups is 1. The average Bonchev–Trinajstić information content (AvgIpc) is 3.29. The Morgan fingerprint density at radius 3 is 2.88 bits per heavy atom. The minimum atomic E-state index is -0.0316. The van der Waals surface area contributed by atoms with Gasteiger partial charge in [0.15, 0.2) is 0 Å². The van der Waals surface area contributed by atoms with Gasteiger partial charge < -0.3 is 10.2 Å². The number of anilines is 2. The molecule has 1 amide bonds. The third-order valence-electron chi connectivity index (χ3n) is 4.66. The number of carbonyl (C=O) groups excluding carboxylic acids is 1. The van der Waals surface area contributed by atoms with Gasteiger partial charge >= 0.3 is 0 Å². The van der Waals surface area contributed by atoms with Crippen LogP contribution in [0.3, 0.4) is 0 Å². The summed E-state index contributed by atoms with van der Waals surface area (Å²) in [4.78, 5) is 19.4. The highest BCUT2D eigenvalue weighted by Crippen LogP contribution is 2.30. The lowest BCUT2D eigenvalue weighted by Gasteiger charge is -2.17. The van der Waals surface area contributed by atoms with Crippen LogP contribution in [0.1, 0.15) is 18.2 Å². The largest absolute Gasteiger partial charge is 0.371 e. The van der Waals surface area contributed by atoms with Crippen molar-refractivity contribution in [1.29, 1.82) is 0 Å². The van der Waals surface area contributed by atoms with Crippen LogP contribution < -0.4 is 10.2 Å². The van der Waals surface area contributed by atoms with E-state index < -0.39 is 0 Å². The summed E-state index contributed by atoms with van der Waals surface area (Å²) in [5, 5.41) is 5.92. The third kappa shape index (κ3) is 3.48. The Morgan fingerprint density at radius 2 is 2.08 bits per heavy atom. The Bertz CT molecular complexity index is 920. The number of hydrogen-bond acceptors (Lipinski definition) is 4. The summed E-state index contributed by atoms with van der Waals surface area (Å²) in [5.41, 5.74) is 5.35. The van der Waals surface area contributed by atoms with Crippen molar-refractivity contribution in [2.45, 2.75) is 19.8 Å². The van der Waals surface area contributed by atoms with Gasteiger partial charge in [-0.1, -0.05) is 36.4 Å². The van der Waals surface area contributed by atoms with E-state index in [-0.39, 0.29) is 12.3 Å². The van der Waals surface area contributed by atoms with Gasteiger partial charge in [0.25, 0.3) is 0 Å². The molecule has 1 aromatic heterocycles. The van der Waals surface area contributed by atoms with Crippen LogP contribution in [0.25, 0.3) is 10.6 Å². The van der Waals surface area contributed by atoms with Crippen LogP contribution in [0.2, 0.25) is 0 Å². The first-order valence-electron chi connectivity index (χ1n) is 8.90. The molecule has 0 atom stereocenters. The first kappa shape index (κ1) is 16.8. The molecule has 1 aliphatic heterocycles. The Hall–Kier alpha value is -2.66. The fourth-order valence-electron chi connectivity index (χ4n) is 3.32. The monoisotopic (exact) mass is 363 g/mol. The van der Waals surface area contributed by atoms with E-state index in [0.717, 1.165) is 41.5 Å². The average molecular weight is 363 g/mol. The maximum atomic E-state index is 12.4. The summed E-state index contributed by atoms with van der Waals surface area (Å²) in [6, 6.07) is 16.2. The summed E-state index contributed by atoms with van der Waals surface area (Å²) in [6.07, 6.45) is 1.37. The fraction of sp³-hybridized carbons (Fsp3) is 0.238. The SMILES string of the molecule is CCN1CCc2ccc(NC(=O)Cc3csc(-c4ccccc4)n3)cc21. The van der Waals surface area contributed by atoms with Crippen molar-refractivity contribution >= 4 is 28.6 Å². The van der Waals surface area contributed by atoms with Crippen molar-refractivity contribution in [3.63, 3.8) is 0 Å². The second kappa shape index (κ2) is 7.30. The zero-order valence-corrected chi connectivity index (χ0v) is 15.6. The molecule has 0 fully saturated rings. The number of nitrogens with one attached hydrogen (secondary N) is 1. The van der Waals surface area contributed by atoms with E-state index in [4.69, 9.17) is 0 Å². The van der Waals surface area contributed by atoms with Gasteiger partial charge in [0, 0.05) is 35.4 Å². The molecule has 26 heavy (non-hydrogen) atoms. The van der Waals surface area contributed by atoms with Gasteiger partial charge in [0.05, 0.1) is 12.1 Å². The van der Waals surface area contributed by atoms with E-state index in [1.54, 1.807) is 11.3 Å². The van der Waals surface area contributed by atoms with Crippen molar-refractivity contribution in [2.75, 3.05) is 23.3 Å². The molecular weight excluding hydrogens is 342 g/mol. The lowest BCUT2D eigenvalue weighted by molar-refractivity contribution is -0.115. The van der Waals surface area contributed by atoms with Gasteiger partial charge in [-0.05, 0) is 31.0 Å². The van der Waals surface area contributed by atoms with Gasteiger partial charge in [0.2, 0.25) is 5.91 Å². The number of nitrogens with zero attached hydrogens (tertiary/aromatic N) is 2. The van der Waals surface area contributed by atoms with Gasteiger partial charge in [-0.3, -0.25) is 4.79 Å². The molecule has 5 heteroatoms. The second-order valence-corrected chi connectivity index (χ2v) is 7.27. The topological polar surface area (TPSA) is 45.2 Å². The Labute approximate surface area is 157 Å². The standard InChI is InChI=1S/C21H21N3OS/c1-2-24-11-10-15-8-9-17(12-19(15)24)22-20(25)13-18-14-26-21(23-18)16-6-4-3-5-7-16/h3-9,12,14H,2,10-11,13H2,1H3,(H,22,25). The van der Waals surface area contributed by atoms with Crippen LogP contribution in [0.15, 0.2) is 53.9 Å². The van der Waals surface area contributed by atoms with E-state index in [1.165, 1.54) is 11.3 Å². The normalized spacial score (nSPS) is 12.9. The molecule has 0 spiro atoms. The molecule has 4 nitrogen and oxygen atoms in total. The van der Waals surface area contributed by atoms with Gasteiger partial charge in [-0.25, -0.2) is 4.98 Å². The molecule has 0 radical (unpaired) electrons. The molecule has 0 saturated carbocycles. The number of amides is 1. The molecule has 132 valence electrons. The van der Waals surface area contributed by atoms with Crippen LogP contribution in [-0.2, 0) is 17.6 Å². The molecule has 0 aliphatic carbocycles. The minimum absolute atomic E-state index is 0.0316. The highest BCUT2D eigenvalue weighted by atomic mass is 32.1. The summed E-state index contributed by atoms with van der Waals surface area (Å²) in [7, 11) is 0. The lowest BCUT2D eigenvalue weighted by Crippen LogP contribution is -2.19. The molecule has 0 bridgehead atoms. The van der Waals surface area contributed by atoms with Crippen molar-refractivity contribution in [1.82, 2.24) is 4.98 Å². The first-order valence-corrected chi connectivity index (χ1v) is 9.78. The Morgan fingerprint density at radius 1 is 1.23 bits per heavy atom. The van der Waals surface area contributed by atoms with Crippen molar-refractivity contribution in [2.24, 2.45) is 0 Å². The van der Waals surface area contributed by atoms with E-state index in [0.29, 0.717) is 0 Å². The van der Waals surface area contributed by atoms with E-state index in [1.807, 2.05) is 41.8 Å². The summed E-state index contributed by atoms with van der Waals surface area (Å²) >= 11 is 1.57. The number of fused-ring (bicyclic) bond motifs is 1. The van der Waals surface area contributed by atoms with Gasteiger partial charge in [0.1, 0.15) is 5.01 Å². The molecule has 4 rings (SSSR count). The van der Waals surface area contributed by atoms with Crippen LogP contribution in [0.5, 0.6) is 0 Å². The van der Waals surface area contributed by atoms with E-state index >= 15 is 0 Å². The number of benzene rings is 2. The zero-order chi connectivity index (χ0) is 17.9. The highest BCUT2D eigenvalue weighted by molar-refractivity contribution is 7.13. The third-order valence-corrected chi connectivity index (χ3v) is 5.60. The van der Waals surface area contributed by atoms with Crippen LogP contribution in [0.4, 0.5) is 11.4 Å². The number of likely N-dealkylation sites (N-methyl/N-ethyl adjacent to an activating group) is 1. The van der Waals surface area contributed by atoms with Crippen LogP contribution >= 0.6 is 11.3 Å². The zero-order valence-electron chi connectivity index (χ0n) is 14.7. The molecule has 1 N–H and O–H groups in total. The van der Waals surface area contributed by atoms with Gasteiger partial charge in [-0.2, -0.15) is 0 Å². The molecule has 2 heterocycles. The highest BCUT2D eigenvalue weighted by Gasteiger charge is 2.18. The van der Waals surface area contributed by atoms with Crippen molar-refractivity contribution < 1.29 is 4.79 Å². The minimum Gasteiger partial charge on any atom is -0.371 e.